The molecule has 0 spiro atoms. The predicted molar refractivity (Wildman–Crippen MR) is 72.3 cm³/mol. The smallest absolute Gasteiger partial charge is 0.268 e. The van der Waals surface area contributed by atoms with Gasteiger partial charge in [-0.1, -0.05) is 19.3 Å². The molecule has 1 aliphatic rings. The van der Waals surface area contributed by atoms with Crippen molar-refractivity contribution < 1.29 is 4.79 Å². The monoisotopic (exact) mass is 244 g/mol. The molecule has 0 aromatic carbocycles. The average molecular weight is 244 g/mol. The maximum Gasteiger partial charge on any atom is 0.268 e. The Morgan fingerprint density at radius 1 is 1.67 bits per heavy atom. The Bertz CT molecular complexity index is 451. The summed E-state index contributed by atoms with van der Waals surface area (Å²) in [6.07, 6.45) is 12.8. The molecule has 2 rings (SSSR count). The molecule has 0 bridgehead atoms. The fourth-order valence-electron chi connectivity index (χ4n) is 2.29. The van der Waals surface area contributed by atoms with E-state index in [1.54, 1.807) is 0 Å². The van der Waals surface area contributed by atoms with E-state index < -0.39 is 0 Å². The molecule has 1 N–H and O–H groups in total. The van der Waals surface area contributed by atoms with Crippen LogP contribution in [-0.2, 0) is 0 Å². The molecular weight excluding hydrogens is 224 g/mol. The van der Waals surface area contributed by atoms with Crippen LogP contribution in [0.2, 0.25) is 0 Å². The minimum Gasteiger partial charge on any atom is -0.340 e. The van der Waals surface area contributed by atoms with Gasteiger partial charge in [0.05, 0.1) is 6.04 Å². The van der Waals surface area contributed by atoms with E-state index in [4.69, 9.17) is 6.42 Å². The summed E-state index contributed by atoms with van der Waals surface area (Å²) in [5, 5.41) is 2.92. The van der Waals surface area contributed by atoms with Crippen molar-refractivity contribution in [1.29, 1.82) is 0 Å². The molecule has 0 saturated heterocycles. The lowest BCUT2D eigenvalue weighted by Gasteiger charge is -2.29. The third-order valence-electron chi connectivity index (χ3n) is 3.56. The van der Waals surface area contributed by atoms with Crippen molar-refractivity contribution in [2.45, 2.75) is 51.1 Å². The molecule has 0 radical (unpaired) electrons. The molecule has 1 amide bonds. The molecule has 0 aliphatic heterocycles. The van der Waals surface area contributed by atoms with Gasteiger partial charge in [-0.15, -0.1) is 6.42 Å². The van der Waals surface area contributed by atoms with Gasteiger partial charge in [-0.25, -0.2) is 0 Å². The molecule has 1 aromatic heterocycles. The summed E-state index contributed by atoms with van der Waals surface area (Å²) in [5.41, 5.74) is 0.732. The zero-order chi connectivity index (χ0) is 13.0. The summed E-state index contributed by atoms with van der Waals surface area (Å²) >= 11 is 0. The third kappa shape index (κ3) is 2.59. The van der Waals surface area contributed by atoms with Crippen LogP contribution >= 0.6 is 0 Å². The quantitative estimate of drug-likeness (QED) is 0.794. The van der Waals surface area contributed by atoms with Crippen molar-refractivity contribution in [3.8, 4) is 12.3 Å². The number of hydrogen-bond acceptors (Lipinski definition) is 1. The molecule has 1 fully saturated rings. The van der Waals surface area contributed by atoms with Crippen LogP contribution in [0.4, 0.5) is 0 Å². The lowest BCUT2D eigenvalue weighted by Crippen LogP contribution is -2.35. The molecule has 1 aliphatic carbocycles. The number of carbonyl (C=O) groups is 1. The Labute approximate surface area is 109 Å². The van der Waals surface area contributed by atoms with Crippen LogP contribution in [-0.4, -0.2) is 16.5 Å². The first kappa shape index (κ1) is 12.8. The van der Waals surface area contributed by atoms with Gasteiger partial charge in [-0.3, -0.25) is 4.79 Å². The van der Waals surface area contributed by atoms with E-state index in [9.17, 15) is 4.79 Å². The van der Waals surface area contributed by atoms with Gasteiger partial charge < -0.3 is 9.88 Å². The van der Waals surface area contributed by atoms with Gasteiger partial charge in [0.25, 0.3) is 5.91 Å². The summed E-state index contributed by atoms with van der Waals surface area (Å²) in [4.78, 5) is 12.2. The Morgan fingerprint density at radius 3 is 3.00 bits per heavy atom. The van der Waals surface area contributed by atoms with Crippen LogP contribution in [0.25, 0.3) is 0 Å². The van der Waals surface area contributed by atoms with Crippen LogP contribution in [0.5, 0.6) is 0 Å². The van der Waals surface area contributed by atoms with Gasteiger partial charge in [0.15, 0.2) is 0 Å². The summed E-state index contributed by atoms with van der Waals surface area (Å²) in [6, 6.07) is 4.13. The number of hydrogen-bond donors (Lipinski definition) is 1. The van der Waals surface area contributed by atoms with Crippen molar-refractivity contribution in [3.05, 3.63) is 24.0 Å². The zero-order valence-corrected chi connectivity index (χ0v) is 10.9. The zero-order valence-electron chi connectivity index (χ0n) is 10.9. The van der Waals surface area contributed by atoms with E-state index in [1.807, 2.05) is 18.3 Å². The van der Waals surface area contributed by atoms with Gasteiger partial charge in [0, 0.05) is 12.2 Å². The first-order valence-corrected chi connectivity index (χ1v) is 6.70. The number of nitrogens with zero attached hydrogens (tertiary/aromatic N) is 1. The third-order valence-corrected chi connectivity index (χ3v) is 3.56. The topological polar surface area (TPSA) is 34.0 Å². The lowest BCUT2D eigenvalue weighted by molar-refractivity contribution is 0.0929. The van der Waals surface area contributed by atoms with Crippen molar-refractivity contribution >= 4 is 5.91 Å². The Kier molecular flexibility index (Phi) is 4.09. The average Bonchev–Trinajstić information content (AvgIpc) is 2.75. The fraction of sp³-hybridized carbons (Fsp3) is 0.533. The Balaban J connectivity index is 2.04. The summed E-state index contributed by atoms with van der Waals surface area (Å²) in [7, 11) is 0. The van der Waals surface area contributed by atoms with E-state index in [0.717, 1.165) is 18.5 Å². The Hall–Kier alpha value is -1.69. The van der Waals surface area contributed by atoms with Crippen molar-refractivity contribution in [1.82, 2.24) is 9.88 Å². The van der Waals surface area contributed by atoms with Gasteiger partial charge in [-0.2, -0.15) is 0 Å². The van der Waals surface area contributed by atoms with Crippen LogP contribution in [0.15, 0.2) is 18.3 Å². The molecule has 1 unspecified atom stereocenters. The normalized spacial score (nSPS) is 16.7. The van der Waals surface area contributed by atoms with Gasteiger partial charge in [-0.05, 0) is 37.8 Å². The van der Waals surface area contributed by atoms with Crippen LogP contribution < -0.4 is 5.32 Å². The largest absolute Gasteiger partial charge is 0.340 e. The molecule has 1 aromatic rings. The molecule has 18 heavy (non-hydrogen) atoms. The SMILES string of the molecule is C#CC(CCC)NC(=O)c1cccn1C1CCC1. The predicted octanol–water partition coefficient (Wildman–Crippen LogP) is 2.74. The second kappa shape index (κ2) is 5.77. The summed E-state index contributed by atoms with van der Waals surface area (Å²) in [5.74, 6) is 2.58. The van der Waals surface area contributed by atoms with E-state index in [-0.39, 0.29) is 11.9 Å². The fourth-order valence-corrected chi connectivity index (χ4v) is 2.29. The maximum absolute atomic E-state index is 12.2. The lowest BCUT2D eigenvalue weighted by atomic mass is 9.93. The number of terminal acetylenes is 1. The first-order valence-electron chi connectivity index (χ1n) is 6.70. The van der Waals surface area contributed by atoms with E-state index >= 15 is 0 Å². The minimum absolute atomic E-state index is 0.0525. The van der Waals surface area contributed by atoms with E-state index in [0.29, 0.717) is 6.04 Å². The van der Waals surface area contributed by atoms with E-state index in [2.05, 4.69) is 22.7 Å². The van der Waals surface area contributed by atoms with Crippen molar-refractivity contribution in [2.24, 2.45) is 0 Å². The van der Waals surface area contributed by atoms with Crippen LogP contribution in [0, 0.1) is 12.3 Å². The number of nitrogens with one attached hydrogen (secondary N) is 1. The first-order chi connectivity index (χ1) is 8.76. The molecule has 1 saturated carbocycles. The highest BCUT2D eigenvalue weighted by molar-refractivity contribution is 5.93. The number of amides is 1. The molecule has 1 heterocycles. The Morgan fingerprint density at radius 2 is 2.44 bits per heavy atom. The van der Waals surface area contributed by atoms with Crippen molar-refractivity contribution in [3.63, 3.8) is 0 Å². The van der Waals surface area contributed by atoms with E-state index in [1.165, 1.54) is 19.3 Å². The maximum atomic E-state index is 12.2. The second-order valence-corrected chi connectivity index (χ2v) is 4.87. The highest BCUT2D eigenvalue weighted by Crippen LogP contribution is 2.32. The highest BCUT2D eigenvalue weighted by Gasteiger charge is 2.23. The summed E-state index contributed by atoms with van der Waals surface area (Å²) < 4.78 is 2.08. The molecule has 96 valence electrons. The summed E-state index contributed by atoms with van der Waals surface area (Å²) in [6.45, 7) is 2.06. The number of rotatable bonds is 5. The number of aromatic nitrogens is 1. The molecular formula is C15H20N2O. The number of carbonyl (C=O) groups excluding carboxylic acids is 1. The highest BCUT2D eigenvalue weighted by atomic mass is 16.2. The van der Waals surface area contributed by atoms with Gasteiger partial charge in [0.2, 0.25) is 0 Å². The minimum atomic E-state index is -0.160. The van der Waals surface area contributed by atoms with Gasteiger partial charge in [0.1, 0.15) is 5.69 Å². The second-order valence-electron chi connectivity index (χ2n) is 4.87. The van der Waals surface area contributed by atoms with Crippen LogP contribution in [0.1, 0.15) is 55.6 Å². The molecule has 3 heteroatoms. The van der Waals surface area contributed by atoms with Crippen molar-refractivity contribution in [2.75, 3.05) is 0 Å². The molecule has 3 nitrogen and oxygen atoms in total. The standard InChI is InChI=1S/C15H20N2O/c1-3-7-12(4-2)16-15(18)14-10-6-11-17(14)13-8-5-9-13/h2,6,10-13H,3,5,7-9H2,1H3,(H,16,18). The molecule has 1 atom stereocenters. The van der Waals surface area contributed by atoms with Crippen LogP contribution in [0.3, 0.4) is 0 Å². The van der Waals surface area contributed by atoms with Gasteiger partial charge >= 0.3 is 0 Å².